The number of hydrogen-bond donors (Lipinski definition) is 2. The van der Waals surface area contributed by atoms with Gasteiger partial charge < -0.3 is 16.4 Å². The van der Waals surface area contributed by atoms with E-state index in [1.54, 1.807) is 0 Å². The minimum atomic E-state index is 0.435. The summed E-state index contributed by atoms with van der Waals surface area (Å²) in [4.78, 5) is 6.63. The molecule has 2 rings (SSSR count). The summed E-state index contributed by atoms with van der Waals surface area (Å²) in [5.41, 5.74) is 11.9. The minimum absolute atomic E-state index is 0.435. The van der Waals surface area contributed by atoms with Gasteiger partial charge in [0.25, 0.3) is 0 Å². The van der Waals surface area contributed by atoms with Gasteiger partial charge in [-0.2, -0.15) is 0 Å². The fraction of sp³-hybridized carbons (Fsp3) is 0.545. The molecule has 0 saturated carbocycles. The van der Waals surface area contributed by atoms with Crippen LogP contribution in [0.5, 0.6) is 0 Å². The molecule has 4 nitrogen and oxygen atoms in total. The molecule has 4 heteroatoms. The first kappa shape index (κ1) is 10.1. The van der Waals surface area contributed by atoms with Crippen molar-refractivity contribution in [1.29, 1.82) is 0 Å². The van der Waals surface area contributed by atoms with Crippen molar-refractivity contribution in [3.05, 3.63) is 12.1 Å². The van der Waals surface area contributed by atoms with E-state index in [0.717, 1.165) is 12.4 Å². The Bertz CT molecular complexity index is 350. The number of hydrogen-bond acceptors (Lipinski definition) is 4. The van der Waals surface area contributed by atoms with E-state index in [4.69, 9.17) is 11.5 Å². The Morgan fingerprint density at radius 1 is 1.33 bits per heavy atom. The monoisotopic (exact) mass is 206 g/mol. The van der Waals surface area contributed by atoms with Crippen LogP contribution in [0.1, 0.15) is 26.2 Å². The Balaban J connectivity index is 2.24. The van der Waals surface area contributed by atoms with Crippen molar-refractivity contribution in [3.63, 3.8) is 0 Å². The molecule has 1 aliphatic heterocycles. The second-order valence-corrected chi connectivity index (χ2v) is 4.18. The molecule has 1 unspecified atom stereocenters. The van der Waals surface area contributed by atoms with Gasteiger partial charge in [0.2, 0.25) is 0 Å². The maximum absolute atomic E-state index is 5.71. The maximum Gasteiger partial charge on any atom is 0.149 e. The summed E-state index contributed by atoms with van der Waals surface area (Å²) in [5, 5.41) is 0. The van der Waals surface area contributed by atoms with Crippen LogP contribution in [-0.2, 0) is 0 Å². The number of nitrogens with zero attached hydrogens (tertiary/aromatic N) is 2. The highest BCUT2D eigenvalue weighted by Gasteiger charge is 2.19. The third-order valence-electron chi connectivity index (χ3n) is 3.04. The van der Waals surface area contributed by atoms with Crippen molar-refractivity contribution in [2.24, 2.45) is 0 Å². The van der Waals surface area contributed by atoms with Gasteiger partial charge in [-0.05, 0) is 38.3 Å². The van der Waals surface area contributed by atoms with E-state index in [1.165, 1.54) is 19.3 Å². The lowest BCUT2D eigenvalue weighted by Crippen LogP contribution is -2.38. The fourth-order valence-electron chi connectivity index (χ4n) is 2.07. The second kappa shape index (κ2) is 3.96. The van der Waals surface area contributed by atoms with Crippen molar-refractivity contribution in [2.75, 3.05) is 22.9 Å². The van der Waals surface area contributed by atoms with Crippen LogP contribution in [0.2, 0.25) is 0 Å². The van der Waals surface area contributed by atoms with Gasteiger partial charge in [0, 0.05) is 12.6 Å². The van der Waals surface area contributed by atoms with Crippen LogP contribution < -0.4 is 16.4 Å². The molecule has 1 aromatic rings. The summed E-state index contributed by atoms with van der Waals surface area (Å²) in [6, 6.07) is 4.33. The van der Waals surface area contributed by atoms with Gasteiger partial charge in [0.1, 0.15) is 11.6 Å². The fourth-order valence-corrected chi connectivity index (χ4v) is 2.07. The van der Waals surface area contributed by atoms with Gasteiger partial charge >= 0.3 is 0 Å². The number of nitrogen functional groups attached to an aromatic ring is 2. The molecule has 1 saturated heterocycles. The van der Waals surface area contributed by atoms with E-state index >= 15 is 0 Å². The molecular weight excluding hydrogens is 188 g/mol. The van der Waals surface area contributed by atoms with Crippen molar-refractivity contribution >= 4 is 17.3 Å². The van der Waals surface area contributed by atoms with Crippen LogP contribution in [0.25, 0.3) is 0 Å². The quantitative estimate of drug-likeness (QED) is 0.732. The number of nitrogens with two attached hydrogens (primary N) is 2. The average Bonchev–Trinajstić information content (AvgIpc) is 2.23. The summed E-state index contributed by atoms with van der Waals surface area (Å²) in [7, 11) is 0. The van der Waals surface area contributed by atoms with Gasteiger partial charge in [0.15, 0.2) is 0 Å². The number of pyridine rings is 1. The first-order chi connectivity index (χ1) is 7.18. The highest BCUT2D eigenvalue weighted by Crippen LogP contribution is 2.25. The lowest BCUT2D eigenvalue weighted by Gasteiger charge is -2.34. The van der Waals surface area contributed by atoms with Gasteiger partial charge in [0.05, 0.1) is 5.69 Å². The Hall–Kier alpha value is -1.45. The molecule has 4 N–H and O–H groups in total. The molecule has 1 fully saturated rings. The third-order valence-corrected chi connectivity index (χ3v) is 3.04. The molecule has 15 heavy (non-hydrogen) atoms. The zero-order valence-electron chi connectivity index (χ0n) is 9.11. The summed E-state index contributed by atoms with van der Waals surface area (Å²) >= 11 is 0. The van der Waals surface area contributed by atoms with Crippen LogP contribution in [0, 0.1) is 0 Å². The molecule has 0 bridgehead atoms. The Kier molecular flexibility index (Phi) is 2.66. The topological polar surface area (TPSA) is 68.2 Å². The van der Waals surface area contributed by atoms with E-state index < -0.39 is 0 Å². The van der Waals surface area contributed by atoms with Crippen molar-refractivity contribution in [1.82, 2.24) is 4.98 Å². The van der Waals surface area contributed by atoms with E-state index in [2.05, 4.69) is 16.8 Å². The number of anilines is 3. The molecule has 0 aliphatic carbocycles. The van der Waals surface area contributed by atoms with E-state index in [1.807, 2.05) is 12.1 Å². The van der Waals surface area contributed by atoms with Crippen LogP contribution in [0.15, 0.2) is 12.1 Å². The largest absolute Gasteiger partial charge is 0.396 e. The highest BCUT2D eigenvalue weighted by atomic mass is 15.2. The van der Waals surface area contributed by atoms with Crippen LogP contribution in [0.4, 0.5) is 17.3 Å². The summed E-state index contributed by atoms with van der Waals surface area (Å²) < 4.78 is 0. The van der Waals surface area contributed by atoms with Crippen LogP contribution in [0.3, 0.4) is 0 Å². The van der Waals surface area contributed by atoms with Crippen LogP contribution >= 0.6 is 0 Å². The number of aromatic nitrogens is 1. The predicted octanol–water partition coefficient (Wildman–Crippen LogP) is 1.62. The standard InChI is InChI=1S/C11H18N4/c1-8-4-2-3-7-15(8)10-6-5-9(12)11(13)14-10/h5-6,8H,2-4,7,12H2,1H3,(H2,13,14). The van der Waals surface area contributed by atoms with E-state index in [9.17, 15) is 0 Å². The number of rotatable bonds is 1. The Morgan fingerprint density at radius 3 is 2.80 bits per heavy atom. The molecule has 1 atom stereocenters. The first-order valence-electron chi connectivity index (χ1n) is 5.47. The Morgan fingerprint density at radius 2 is 2.13 bits per heavy atom. The SMILES string of the molecule is CC1CCCCN1c1ccc(N)c(N)n1. The molecule has 0 radical (unpaired) electrons. The van der Waals surface area contributed by atoms with Gasteiger partial charge in [-0.25, -0.2) is 4.98 Å². The molecular formula is C11H18N4. The lowest BCUT2D eigenvalue weighted by molar-refractivity contribution is 0.481. The van der Waals surface area contributed by atoms with Crippen LogP contribution in [-0.4, -0.2) is 17.6 Å². The van der Waals surface area contributed by atoms with Crippen molar-refractivity contribution in [3.8, 4) is 0 Å². The molecule has 82 valence electrons. The zero-order valence-corrected chi connectivity index (χ0v) is 9.11. The van der Waals surface area contributed by atoms with Gasteiger partial charge in [-0.1, -0.05) is 0 Å². The minimum Gasteiger partial charge on any atom is -0.396 e. The second-order valence-electron chi connectivity index (χ2n) is 4.18. The molecule has 2 heterocycles. The highest BCUT2D eigenvalue weighted by molar-refractivity contribution is 5.62. The molecule has 1 aromatic heterocycles. The third kappa shape index (κ3) is 1.98. The van der Waals surface area contributed by atoms with Crippen molar-refractivity contribution in [2.45, 2.75) is 32.2 Å². The summed E-state index contributed by atoms with van der Waals surface area (Å²) in [6.45, 7) is 3.30. The van der Waals surface area contributed by atoms with Gasteiger partial charge in [-0.15, -0.1) is 0 Å². The van der Waals surface area contributed by atoms with Gasteiger partial charge in [-0.3, -0.25) is 0 Å². The van der Waals surface area contributed by atoms with E-state index in [0.29, 0.717) is 17.5 Å². The van der Waals surface area contributed by atoms with E-state index in [-0.39, 0.29) is 0 Å². The zero-order chi connectivity index (χ0) is 10.8. The summed E-state index contributed by atoms with van der Waals surface area (Å²) in [5.74, 6) is 1.39. The maximum atomic E-state index is 5.71. The smallest absolute Gasteiger partial charge is 0.149 e. The lowest BCUT2D eigenvalue weighted by atomic mass is 10.0. The molecule has 1 aliphatic rings. The number of piperidine rings is 1. The normalized spacial score (nSPS) is 21.7. The molecule has 0 amide bonds. The Labute approximate surface area is 90.3 Å². The molecule has 0 aromatic carbocycles. The molecule has 0 spiro atoms. The first-order valence-corrected chi connectivity index (χ1v) is 5.47. The predicted molar refractivity (Wildman–Crippen MR) is 63.7 cm³/mol. The van der Waals surface area contributed by atoms with Crippen molar-refractivity contribution < 1.29 is 0 Å². The average molecular weight is 206 g/mol. The summed E-state index contributed by atoms with van der Waals surface area (Å²) in [6.07, 6.45) is 3.77.